The van der Waals surface area contributed by atoms with E-state index in [9.17, 15) is 4.39 Å². The van der Waals surface area contributed by atoms with Crippen molar-refractivity contribution in [2.24, 2.45) is 0 Å². The second kappa shape index (κ2) is 14.0. The Morgan fingerprint density at radius 3 is 2.21 bits per heavy atom. The molecule has 0 aliphatic heterocycles. The average Bonchev–Trinajstić information content (AvgIpc) is 3.47. The van der Waals surface area contributed by atoms with Gasteiger partial charge in [-0.05, 0) is 49.3 Å². The van der Waals surface area contributed by atoms with E-state index in [0.717, 1.165) is 38.5 Å². The van der Waals surface area contributed by atoms with Gasteiger partial charge in [0.05, 0.1) is 6.20 Å². The minimum atomic E-state index is -1.80. The maximum absolute atomic E-state index is 14.3. The molecule has 0 N–H and O–H groups in total. The summed E-state index contributed by atoms with van der Waals surface area (Å²) in [6.07, 6.45) is 1.38. The van der Waals surface area contributed by atoms with E-state index >= 15 is 0 Å². The molecule has 0 atom stereocenters. The molecule has 0 saturated carbocycles. The normalized spacial score (nSPS) is 12.4. The number of hydrogen-bond acceptors (Lipinski definition) is 3. The second-order valence-electron chi connectivity index (χ2n) is 12.7. The molecule has 2 nitrogen and oxygen atoms in total. The van der Waals surface area contributed by atoms with Crippen molar-refractivity contribution in [3.8, 4) is 22.5 Å². The smallest absolute Gasteiger partial charge is 0.142 e. The Balaban J connectivity index is 0.000000204. The number of hydrogen-bond donors (Lipinski definition) is 0. The number of thiophene rings is 1. The molecule has 6 heteroatoms. The predicted octanol–water partition coefficient (Wildman–Crippen LogP) is 11.3. The minimum absolute atomic E-state index is 0. The zero-order chi connectivity index (χ0) is 34.5. The molecule has 3 aromatic heterocycles. The summed E-state index contributed by atoms with van der Waals surface area (Å²) in [6.45, 7) is 3.55. The van der Waals surface area contributed by atoms with Crippen LogP contribution in [0.15, 0.2) is 109 Å². The molecule has 0 spiro atoms. The number of aromatic nitrogens is 2. The standard InChI is InChI=1S/C27H17FNS.C15H18GeN.Ir/c1-2-16-14-25(29-15-24(16)28)23-9-5-8-20-22-13-12-19-18-7-4-3-6-17(18)10-11-21(19)26(22)30-27(20)23;1-12-10-15(13-8-6-5-7-9-13)17-11-14(12)16(2,3)4;/h3-8,10-15H,2H2,1H3;5-8,10-11H,1-4H3;/q2*-1;/i2D2;;. The Labute approximate surface area is 304 Å². The first kappa shape index (κ1) is 31.5. The van der Waals surface area contributed by atoms with Crippen molar-refractivity contribution >= 4 is 70.7 Å². The first-order valence-corrected chi connectivity index (χ1v) is 23.8. The van der Waals surface area contributed by atoms with Gasteiger partial charge in [0.1, 0.15) is 5.82 Å². The van der Waals surface area contributed by atoms with Gasteiger partial charge in [-0.3, -0.25) is 0 Å². The van der Waals surface area contributed by atoms with Crippen molar-refractivity contribution in [2.45, 2.75) is 37.5 Å². The molecule has 0 fully saturated rings. The van der Waals surface area contributed by atoms with E-state index in [0.29, 0.717) is 5.69 Å². The monoisotopic (exact) mass is 887 g/mol. The Morgan fingerprint density at radius 2 is 1.46 bits per heavy atom. The van der Waals surface area contributed by atoms with Crippen LogP contribution in [-0.2, 0) is 26.5 Å². The van der Waals surface area contributed by atoms with Gasteiger partial charge in [0, 0.05) is 27.5 Å². The second-order valence-corrected chi connectivity index (χ2v) is 24.3. The fraction of sp³-hybridized carbons (Fsp3) is 0.143. The van der Waals surface area contributed by atoms with E-state index in [4.69, 9.17) is 2.74 Å². The number of pyridine rings is 2. The van der Waals surface area contributed by atoms with Crippen LogP contribution in [0.3, 0.4) is 0 Å². The summed E-state index contributed by atoms with van der Waals surface area (Å²) in [6, 6.07) is 39.2. The van der Waals surface area contributed by atoms with E-state index in [1.54, 1.807) is 11.3 Å². The molecule has 3 heterocycles. The number of halogens is 1. The summed E-state index contributed by atoms with van der Waals surface area (Å²) < 4.78 is 33.9. The molecule has 48 heavy (non-hydrogen) atoms. The number of benzene rings is 5. The number of rotatable bonds is 4. The van der Waals surface area contributed by atoms with Crippen LogP contribution < -0.4 is 4.40 Å². The van der Waals surface area contributed by atoms with E-state index in [-0.39, 0.29) is 25.7 Å². The molecule has 241 valence electrons. The topological polar surface area (TPSA) is 25.8 Å². The van der Waals surface area contributed by atoms with Crippen molar-refractivity contribution < 1.29 is 27.2 Å². The molecule has 0 amide bonds. The van der Waals surface area contributed by atoms with Gasteiger partial charge in [-0.1, -0.05) is 66.9 Å². The molecule has 1 radical (unpaired) electrons. The first-order chi connectivity index (χ1) is 23.4. The third kappa shape index (κ3) is 6.49. The minimum Gasteiger partial charge on any atom is -0.302 e. The number of nitrogens with zero attached hydrogens (tertiary/aromatic N) is 2. The van der Waals surface area contributed by atoms with Gasteiger partial charge in [0.15, 0.2) is 0 Å². The SMILES string of the molecule is Cc1cc(-c2[c-]cccc2)nc[c]1[Ge]([CH3])([CH3])[CH3].[2H]C([2H])(C)c1cc(-c2[c-]ccc3c2sc2c3ccc3c4ccccc4ccc32)ncc1F.[Ir]. The van der Waals surface area contributed by atoms with Gasteiger partial charge in [0.25, 0.3) is 0 Å². The molecule has 8 rings (SSSR count). The maximum Gasteiger partial charge on any atom is 0.142 e. The molecule has 0 aliphatic carbocycles. The van der Waals surface area contributed by atoms with Crippen LogP contribution in [0, 0.1) is 24.9 Å². The quantitative estimate of drug-likeness (QED) is 0.1000. The summed E-state index contributed by atoms with van der Waals surface area (Å²) in [5.41, 5.74) is 4.77. The summed E-state index contributed by atoms with van der Waals surface area (Å²) >= 11 is -0.0926. The molecular weight excluding hydrogens is 848 g/mol. The van der Waals surface area contributed by atoms with Crippen LogP contribution in [0.25, 0.3) is 64.2 Å². The van der Waals surface area contributed by atoms with E-state index < -0.39 is 25.5 Å². The third-order valence-electron chi connectivity index (χ3n) is 8.60. The van der Waals surface area contributed by atoms with Crippen molar-refractivity contribution in [2.75, 3.05) is 0 Å². The van der Waals surface area contributed by atoms with Crippen LogP contribution in [0.2, 0.25) is 17.3 Å². The molecule has 0 bridgehead atoms. The van der Waals surface area contributed by atoms with Crippen LogP contribution in [0.5, 0.6) is 0 Å². The molecular formula is C42H35FGeIrN2S-2. The third-order valence-corrected chi connectivity index (χ3v) is 14.4. The van der Waals surface area contributed by atoms with Crippen LogP contribution in [0.1, 0.15) is 20.8 Å². The molecule has 0 unspecified atom stereocenters. The Bertz CT molecular complexity index is 2510. The van der Waals surface area contributed by atoms with Crippen LogP contribution in [0.4, 0.5) is 4.39 Å². The average molecular weight is 886 g/mol. The summed E-state index contributed by atoms with van der Waals surface area (Å²) in [5, 5.41) is 7.12. The van der Waals surface area contributed by atoms with Crippen molar-refractivity contribution in [3.63, 3.8) is 0 Å². The molecule has 0 aliphatic rings. The molecule has 8 aromatic rings. The molecule has 5 aromatic carbocycles. The summed E-state index contributed by atoms with van der Waals surface area (Å²) in [4.78, 5) is 8.87. The van der Waals surface area contributed by atoms with Crippen molar-refractivity contribution in [3.05, 3.63) is 139 Å². The predicted molar refractivity (Wildman–Crippen MR) is 202 cm³/mol. The Kier molecular flexibility index (Phi) is 9.20. The zero-order valence-corrected chi connectivity index (χ0v) is 32.7. The van der Waals surface area contributed by atoms with E-state index in [1.807, 2.05) is 30.3 Å². The van der Waals surface area contributed by atoms with E-state index in [1.165, 1.54) is 49.2 Å². The summed E-state index contributed by atoms with van der Waals surface area (Å²) in [7, 11) is 0. The van der Waals surface area contributed by atoms with Gasteiger partial charge >= 0.3 is 106 Å². The maximum atomic E-state index is 14.3. The summed E-state index contributed by atoms with van der Waals surface area (Å²) in [5.74, 6) is 6.57. The van der Waals surface area contributed by atoms with Crippen LogP contribution >= 0.6 is 11.3 Å². The van der Waals surface area contributed by atoms with Crippen molar-refractivity contribution in [1.82, 2.24) is 9.97 Å². The Hall–Kier alpha value is -3.74. The van der Waals surface area contributed by atoms with Gasteiger partial charge < -0.3 is 4.98 Å². The van der Waals surface area contributed by atoms with Gasteiger partial charge in [-0.2, -0.15) is 11.3 Å². The number of fused-ring (bicyclic) bond motifs is 7. The van der Waals surface area contributed by atoms with Gasteiger partial charge in [-0.15, -0.1) is 23.8 Å². The van der Waals surface area contributed by atoms with Gasteiger partial charge in [0.2, 0.25) is 0 Å². The number of aryl methyl sites for hydroxylation is 2. The first-order valence-electron chi connectivity index (χ1n) is 16.7. The Morgan fingerprint density at radius 1 is 0.750 bits per heavy atom. The fourth-order valence-corrected chi connectivity index (χ4v) is 11.2. The fourth-order valence-electron chi connectivity index (χ4n) is 6.29. The molecule has 0 saturated heterocycles. The van der Waals surface area contributed by atoms with Crippen molar-refractivity contribution in [1.29, 1.82) is 0 Å². The largest absolute Gasteiger partial charge is 0.302 e. The van der Waals surface area contributed by atoms with E-state index in [2.05, 4.69) is 113 Å². The van der Waals surface area contributed by atoms with Gasteiger partial charge in [-0.25, -0.2) is 4.39 Å². The zero-order valence-electron chi connectivity index (χ0n) is 29.4. The van der Waals surface area contributed by atoms with Crippen LogP contribution in [-0.4, -0.2) is 23.2 Å².